The summed E-state index contributed by atoms with van der Waals surface area (Å²) in [5.74, 6) is 0.418. The first-order valence-corrected chi connectivity index (χ1v) is 5.63. The molecule has 3 heterocycles. The average Bonchev–Trinajstić information content (AvgIpc) is 2.81. The molecule has 0 atom stereocenters. The molecule has 0 saturated carbocycles. The Balaban J connectivity index is 2.25. The van der Waals surface area contributed by atoms with Gasteiger partial charge in [0.05, 0.1) is 5.69 Å². The Bertz CT molecular complexity index is 740. The van der Waals surface area contributed by atoms with Crippen LogP contribution in [0.5, 0.6) is 5.88 Å². The SMILES string of the molecule is Cc1cc(C)n(-c2cc3nc([O-])cc(C)n3n2)n1. The molecule has 3 rings (SSSR count). The Labute approximate surface area is 104 Å². The lowest BCUT2D eigenvalue weighted by Crippen LogP contribution is -2.02. The van der Waals surface area contributed by atoms with E-state index in [1.807, 2.05) is 26.8 Å². The molecule has 0 aromatic carbocycles. The number of rotatable bonds is 1. The molecule has 6 nitrogen and oxygen atoms in total. The number of hydrogen-bond acceptors (Lipinski definition) is 4. The van der Waals surface area contributed by atoms with E-state index in [1.54, 1.807) is 15.3 Å². The molecule has 0 fully saturated rings. The molecule has 0 unspecified atom stereocenters. The predicted molar refractivity (Wildman–Crippen MR) is 63.8 cm³/mol. The maximum absolute atomic E-state index is 11.3. The van der Waals surface area contributed by atoms with E-state index in [0.29, 0.717) is 11.5 Å². The van der Waals surface area contributed by atoms with Gasteiger partial charge in [-0.2, -0.15) is 5.10 Å². The zero-order chi connectivity index (χ0) is 12.9. The van der Waals surface area contributed by atoms with Gasteiger partial charge in [0.25, 0.3) is 0 Å². The van der Waals surface area contributed by atoms with E-state index >= 15 is 0 Å². The zero-order valence-electron chi connectivity index (χ0n) is 10.4. The lowest BCUT2D eigenvalue weighted by atomic mass is 10.4. The Kier molecular flexibility index (Phi) is 2.13. The van der Waals surface area contributed by atoms with Gasteiger partial charge in [0.2, 0.25) is 0 Å². The molecule has 18 heavy (non-hydrogen) atoms. The summed E-state index contributed by atoms with van der Waals surface area (Å²) in [4.78, 5) is 3.92. The van der Waals surface area contributed by atoms with Crippen molar-refractivity contribution in [3.05, 3.63) is 35.3 Å². The summed E-state index contributed by atoms with van der Waals surface area (Å²) >= 11 is 0. The Morgan fingerprint density at radius 1 is 1.00 bits per heavy atom. The van der Waals surface area contributed by atoms with Crippen LogP contribution in [0.25, 0.3) is 11.5 Å². The molecule has 6 heteroatoms. The maximum Gasteiger partial charge on any atom is 0.178 e. The molecule has 0 spiro atoms. The summed E-state index contributed by atoms with van der Waals surface area (Å²) in [6, 6.07) is 5.20. The van der Waals surface area contributed by atoms with E-state index in [9.17, 15) is 5.11 Å². The number of aryl methyl sites for hydroxylation is 3. The smallest absolute Gasteiger partial charge is 0.178 e. The Morgan fingerprint density at radius 2 is 1.78 bits per heavy atom. The summed E-state index contributed by atoms with van der Waals surface area (Å²) < 4.78 is 3.39. The summed E-state index contributed by atoms with van der Waals surface area (Å²) in [6.07, 6.45) is 0. The number of nitrogens with zero attached hydrogens (tertiary/aromatic N) is 5. The van der Waals surface area contributed by atoms with E-state index in [2.05, 4.69) is 15.2 Å². The van der Waals surface area contributed by atoms with Crippen LogP contribution >= 0.6 is 0 Å². The molecule has 0 saturated heterocycles. The van der Waals surface area contributed by atoms with Crippen molar-refractivity contribution in [2.24, 2.45) is 0 Å². The van der Waals surface area contributed by atoms with Gasteiger partial charge in [-0.25, -0.2) is 14.2 Å². The largest absolute Gasteiger partial charge is 0.859 e. The summed E-state index contributed by atoms with van der Waals surface area (Å²) in [7, 11) is 0. The van der Waals surface area contributed by atoms with Gasteiger partial charge in [-0.05, 0) is 38.8 Å². The third-order valence-corrected chi connectivity index (χ3v) is 2.80. The van der Waals surface area contributed by atoms with Gasteiger partial charge in [-0.3, -0.25) is 0 Å². The average molecular weight is 242 g/mol. The van der Waals surface area contributed by atoms with Crippen molar-refractivity contribution < 1.29 is 5.11 Å². The first kappa shape index (κ1) is 10.8. The zero-order valence-corrected chi connectivity index (χ0v) is 10.4. The predicted octanol–water partition coefficient (Wildman–Crippen LogP) is 0.914. The molecule has 3 aromatic rings. The molecule has 3 aromatic heterocycles. The van der Waals surface area contributed by atoms with Gasteiger partial charge in [-0.1, -0.05) is 0 Å². The number of hydrogen-bond donors (Lipinski definition) is 0. The molecule has 0 bridgehead atoms. The van der Waals surface area contributed by atoms with E-state index in [0.717, 1.165) is 17.1 Å². The third kappa shape index (κ3) is 1.54. The summed E-state index contributed by atoms with van der Waals surface area (Å²) in [5, 5.41) is 20.1. The molecule has 0 N–H and O–H groups in total. The maximum atomic E-state index is 11.3. The second-order valence-electron chi connectivity index (χ2n) is 4.35. The van der Waals surface area contributed by atoms with Gasteiger partial charge in [0, 0.05) is 17.5 Å². The lowest BCUT2D eigenvalue weighted by molar-refractivity contribution is -0.274. The van der Waals surface area contributed by atoms with Gasteiger partial charge in [0.1, 0.15) is 0 Å². The first-order chi connectivity index (χ1) is 8.54. The van der Waals surface area contributed by atoms with Gasteiger partial charge in [0.15, 0.2) is 11.5 Å². The molecular formula is C12H12N5O-. The van der Waals surface area contributed by atoms with Crippen LogP contribution in [-0.2, 0) is 0 Å². The van der Waals surface area contributed by atoms with Gasteiger partial charge >= 0.3 is 0 Å². The van der Waals surface area contributed by atoms with Crippen molar-refractivity contribution in [2.45, 2.75) is 20.8 Å². The summed E-state index contributed by atoms with van der Waals surface area (Å²) in [6.45, 7) is 5.72. The van der Waals surface area contributed by atoms with Crippen molar-refractivity contribution in [2.75, 3.05) is 0 Å². The molecule has 0 aliphatic heterocycles. The second kappa shape index (κ2) is 3.56. The van der Waals surface area contributed by atoms with Crippen molar-refractivity contribution in [3.8, 4) is 11.7 Å². The van der Waals surface area contributed by atoms with E-state index in [-0.39, 0.29) is 5.88 Å². The van der Waals surface area contributed by atoms with Crippen LogP contribution < -0.4 is 5.11 Å². The fraction of sp³-hybridized carbons (Fsp3) is 0.250. The molecule has 0 aliphatic rings. The Hall–Kier alpha value is -2.37. The number of fused-ring (bicyclic) bond motifs is 1. The van der Waals surface area contributed by atoms with Crippen LogP contribution in [0.1, 0.15) is 17.1 Å². The van der Waals surface area contributed by atoms with Gasteiger partial charge < -0.3 is 5.11 Å². The van der Waals surface area contributed by atoms with Crippen LogP contribution in [0.3, 0.4) is 0 Å². The topological polar surface area (TPSA) is 71.1 Å². The van der Waals surface area contributed by atoms with Crippen LogP contribution in [0.2, 0.25) is 0 Å². The van der Waals surface area contributed by atoms with E-state index < -0.39 is 0 Å². The second-order valence-corrected chi connectivity index (χ2v) is 4.35. The molecule has 0 radical (unpaired) electrons. The van der Waals surface area contributed by atoms with Crippen molar-refractivity contribution in [1.82, 2.24) is 24.4 Å². The highest BCUT2D eigenvalue weighted by Gasteiger charge is 2.09. The Morgan fingerprint density at radius 3 is 2.44 bits per heavy atom. The number of aromatic nitrogens is 5. The highest BCUT2D eigenvalue weighted by atomic mass is 16.3. The fourth-order valence-corrected chi connectivity index (χ4v) is 2.05. The standard InChI is InChI=1S/C12H13N5O/c1-7-4-8(2)17(14-7)11-6-10-13-12(18)5-9(3)16(10)15-11/h4-6H,1-3H3,(H,13,18)/p-1. The van der Waals surface area contributed by atoms with E-state index in [1.165, 1.54) is 6.07 Å². The van der Waals surface area contributed by atoms with Crippen LogP contribution in [-0.4, -0.2) is 24.4 Å². The minimum absolute atomic E-state index is 0.250. The van der Waals surface area contributed by atoms with Crippen LogP contribution in [0, 0.1) is 20.8 Å². The van der Waals surface area contributed by atoms with Crippen molar-refractivity contribution in [3.63, 3.8) is 0 Å². The molecular weight excluding hydrogens is 230 g/mol. The molecule has 0 amide bonds. The first-order valence-electron chi connectivity index (χ1n) is 5.63. The highest BCUT2D eigenvalue weighted by molar-refractivity contribution is 5.47. The normalized spacial score (nSPS) is 11.3. The lowest BCUT2D eigenvalue weighted by Gasteiger charge is -2.05. The molecule has 0 aliphatic carbocycles. The minimum atomic E-state index is -0.250. The van der Waals surface area contributed by atoms with Crippen molar-refractivity contribution >= 4 is 5.65 Å². The molecule has 92 valence electrons. The monoisotopic (exact) mass is 242 g/mol. The highest BCUT2D eigenvalue weighted by Crippen LogP contribution is 2.15. The van der Waals surface area contributed by atoms with Gasteiger partial charge in [-0.15, -0.1) is 5.10 Å². The fourth-order valence-electron chi connectivity index (χ4n) is 2.05. The van der Waals surface area contributed by atoms with Crippen LogP contribution in [0.4, 0.5) is 0 Å². The van der Waals surface area contributed by atoms with Crippen molar-refractivity contribution in [1.29, 1.82) is 0 Å². The minimum Gasteiger partial charge on any atom is -0.859 e. The third-order valence-electron chi connectivity index (χ3n) is 2.80. The quantitative estimate of drug-likeness (QED) is 0.636. The summed E-state index contributed by atoms with van der Waals surface area (Å²) in [5.41, 5.74) is 3.23. The van der Waals surface area contributed by atoms with E-state index in [4.69, 9.17) is 0 Å². The van der Waals surface area contributed by atoms with Crippen LogP contribution in [0.15, 0.2) is 18.2 Å².